The second-order valence-electron chi connectivity index (χ2n) is 7.88. The summed E-state index contributed by atoms with van der Waals surface area (Å²) in [5, 5.41) is 5.18. The Balaban J connectivity index is 1.39. The summed E-state index contributed by atoms with van der Waals surface area (Å²) in [6, 6.07) is 17.0. The van der Waals surface area contributed by atoms with Gasteiger partial charge < -0.3 is 15.0 Å². The predicted octanol–water partition coefficient (Wildman–Crippen LogP) is 3.84. The maximum Gasteiger partial charge on any atom is 0.227 e. The van der Waals surface area contributed by atoms with Crippen LogP contribution in [0, 0.1) is 5.92 Å². The van der Waals surface area contributed by atoms with Gasteiger partial charge in [0.05, 0.1) is 25.3 Å². The smallest absolute Gasteiger partial charge is 0.227 e. The van der Waals surface area contributed by atoms with Crippen molar-refractivity contribution in [3.05, 3.63) is 82.3 Å². The molecule has 2 aromatic heterocycles. The second-order valence-corrected chi connectivity index (χ2v) is 8.91. The fourth-order valence-corrected chi connectivity index (χ4v) is 4.69. The van der Waals surface area contributed by atoms with Gasteiger partial charge in [-0.15, -0.1) is 11.3 Å². The summed E-state index contributed by atoms with van der Waals surface area (Å²) in [7, 11) is 1.63. The van der Waals surface area contributed by atoms with Gasteiger partial charge in [-0.2, -0.15) is 0 Å². The fourth-order valence-electron chi connectivity index (χ4n) is 4.00. The Morgan fingerprint density at radius 2 is 1.91 bits per heavy atom. The number of methoxy groups -OCH3 is 1. The van der Waals surface area contributed by atoms with Crippen molar-refractivity contribution >= 4 is 23.2 Å². The van der Waals surface area contributed by atoms with Gasteiger partial charge in [-0.05, 0) is 54.1 Å². The molecule has 32 heavy (non-hydrogen) atoms. The lowest BCUT2D eigenvalue weighted by molar-refractivity contribution is -0.135. The Morgan fingerprint density at radius 1 is 1.12 bits per heavy atom. The number of aromatic nitrogens is 1. The molecule has 6 nitrogen and oxygen atoms in total. The average Bonchev–Trinajstić information content (AvgIpc) is 3.36. The largest absolute Gasteiger partial charge is 0.497 e. The molecule has 0 saturated carbocycles. The zero-order chi connectivity index (χ0) is 22.3. The van der Waals surface area contributed by atoms with Crippen molar-refractivity contribution in [1.29, 1.82) is 0 Å². The van der Waals surface area contributed by atoms with Crippen LogP contribution in [0.25, 0.3) is 0 Å². The first kappa shape index (κ1) is 22.0. The topological polar surface area (TPSA) is 71.5 Å². The molecule has 166 valence electrons. The normalized spacial score (nSPS) is 15.2. The van der Waals surface area contributed by atoms with Gasteiger partial charge in [0.2, 0.25) is 11.8 Å². The summed E-state index contributed by atoms with van der Waals surface area (Å²) in [6.45, 7) is 1.22. The lowest BCUT2D eigenvalue weighted by Gasteiger charge is -2.32. The van der Waals surface area contributed by atoms with Crippen LogP contribution in [0.2, 0.25) is 0 Å². The van der Waals surface area contributed by atoms with E-state index in [1.807, 2.05) is 64.9 Å². The lowest BCUT2D eigenvalue weighted by atomic mass is 9.94. The van der Waals surface area contributed by atoms with Crippen LogP contribution in [0.15, 0.2) is 66.2 Å². The number of hydrogen-bond acceptors (Lipinski definition) is 5. The SMILES string of the molecule is COc1ccc(C(NC(=O)C2CCN(C(=O)Cc3cccs3)CC2)c2ccccn2)cc1. The number of pyridine rings is 1. The van der Waals surface area contributed by atoms with Crippen molar-refractivity contribution in [3.8, 4) is 5.75 Å². The van der Waals surface area contributed by atoms with Crippen molar-refractivity contribution in [2.24, 2.45) is 5.92 Å². The highest BCUT2D eigenvalue weighted by atomic mass is 32.1. The Labute approximate surface area is 192 Å². The van der Waals surface area contributed by atoms with E-state index in [0.29, 0.717) is 32.4 Å². The van der Waals surface area contributed by atoms with E-state index in [0.717, 1.165) is 21.9 Å². The molecular weight excluding hydrogens is 422 g/mol. The number of rotatable bonds is 7. The highest BCUT2D eigenvalue weighted by molar-refractivity contribution is 7.10. The standard InChI is InChI=1S/C25H27N3O3S/c1-31-20-9-7-18(8-10-20)24(22-6-2-3-13-26-22)27-25(30)19-11-14-28(15-12-19)23(29)17-21-5-4-16-32-21/h2-10,13,16,19,24H,11-12,14-15,17H2,1H3,(H,27,30). The van der Waals surface area contributed by atoms with Crippen molar-refractivity contribution in [2.75, 3.05) is 20.2 Å². The van der Waals surface area contributed by atoms with E-state index in [2.05, 4.69) is 10.3 Å². The molecule has 0 radical (unpaired) electrons. The molecule has 0 bridgehead atoms. The molecule has 0 spiro atoms. The van der Waals surface area contributed by atoms with Crippen LogP contribution in [-0.4, -0.2) is 41.9 Å². The summed E-state index contributed by atoms with van der Waals surface area (Å²) in [5.41, 5.74) is 1.73. The molecule has 1 N–H and O–H groups in total. The molecule has 1 aromatic carbocycles. The van der Waals surface area contributed by atoms with Crippen molar-refractivity contribution in [3.63, 3.8) is 0 Å². The van der Waals surface area contributed by atoms with Gasteiger partial charge in [-0.3, -0.25) is 14.6 Å². The zero-order valence-corrected chi connectivity index (χ0v) is 18.9. The third-order valence-electron chi connectivity index (χ3n) is 5.84. The van der Waals surface area contributed by atoms with Crippen LogP contribution in [0.4, 0.5) is 0 Å². The van der Waals surface area contributed by atoms with E-state index >= 15 is 0 Å². The summed E-state index contributed by atoms with van der Waals surface area (Å²) in [4.78, 5) is 33.1. The van der Waals surface area contributed by atoms with E-state index in [1.165, 1.54) is 0 Å². The average molecular weight is 450 g/mol. The van der Waals surface area contributed by atoms with Gasteiger partial charge in [0.1, 0.15) is 5.75 Å². The summed E-state index contributed by atoms with van der Waals surface area (Å²) in [5.74, 6) is 0.780. The van der Waals surface area contributed by atoms with E-state index in [1.54, 1.807) is 24.6 Å². The van der Waals surface area contributed by atoms with Crippen LogP contribution >= 0.6 is 11.3 Å². The molecule has 1 atom stereocenters. The van der Waals surface area contributed by atoms with Gasteiger partial charge in [0.25, 0.3) is 0 Å². The van der Waals surface area contributed by atoms with E-state index in [4.69, 9.17) is 4.74 Å². The Hall–Kier alpha value is -3.19. The number of hydrogen-bond donors (Lipinski definition) is 1. The van der Waals surface area contributed by atoms with Crippen molar-refractivity contribution < 1.29 is 14.3 Å². The molecular formula is C25H27N3O3S. The molecule has 1 aliphatic heterocycles. The van der Waals surface area contributed by atoms with Crippen LogP contribution in [0.3, 0.4) is 0 Å². The van der Waals surface area contributed by atoms with Gasteiger partial charge in [-0.1, -0.05) is 24.3 Å². The number of amides is 2. The number of piperidine rings is 1. The van der Waals surface area contributed by atoms with E-state index < -0.39 is 0 Å². The monoisotopic (exact) mass is 449 g/mol. The quantitative estimate of drug-likeness (QED) is 0.595. The molecule has 0 aliphatic carbocycles. The minimum Gasteiger partial charge on any atom is -0.497 e. The molecule has 7 heteroatoms. The van der Waals surface area contributed by atoms with Gasteiger partial charge in [0, 0.05) is 30.1 Å². The van der Waals surface area contributed by atoms with Gasteiger partial charge in [0.15, 0.2) is 0 Å². The van der Waals surface area contributed by atoms with E-state index in [9.17, 15) is 9.59 Å². The maximum atomic E-state index is 13.1. The fraction of sp³-hybridized carbons (Fsp3) is 0.320. The number of carbonyl (C=O) groups is 2. The predicted molar refractivity (Wildman–Crippen MR) is 125 cm³/mol. The first-order valence-electron chi connectivity index (χ1n) is 10.8. The van der Waals surface area contributed by atoms with Crippen LogP contribution < -0.4 is 10.1 Å². The minimum atomic E-state index is -0.340. The molecule has 1 saturated heterocycles. The van der Waals surface area contributed by atoms with E-state index in [-0.39, 0.29) is 23.8 Å². The highest BCUT2D eigenvalue weighted by Gasteiger charge is 2.29. The molecule has 1 fully saturated rings. The third kappa shape index (κ3) is 5.34. The Kier molecular flexibility index (Phi) is 7.17. The first-order valence-corrected chi connectivity index (χ1v) is 11.7. The molecule has 1 unspecified atom stereocenters. The number of likely N-dealkylation sites (tertiary alicyclic amines) is 1. The Morgan fingerprint density at radius 3 is 2.53 bits per heavy atom. The van der Waals surface area contributed by atoms with Crippen molar-refractivity contribution in [2.45, 2.75) is 25.3 Å². The summed E-state index contributed by atoms with van der Waals surface area (Å²) < 4.78 is 5.26. The molecule has 3 heterocycles. The van der Waals surface area contributed by atoms with Crippen molar-refractivity contribution in [1.82, 2.24) is 15.2 Å². The number of nitrogens with one attached hydrogen (secondary N) is 1. The number of carbonyl (C=O) groups excluding carboxylic acids is 2. The first-order chi connectivity index (χ1) is 15.6. The number of benzene rings is 1. The zero-order valence-electron chi connectivity index (χ0n) is 18.1. The lowest BCUT2D eigenvalue weighted by Crippen LogP contribution is -2.44. The second kappa shape index (κ2) is 10.4. The molecule has 2 amide bonds. The molecule has 4 rings (SSSR count). The third-order valence-corrected chi connectivity index (χ3v) is 6.72. The number of ether oxygens (including phenoxy) is 1. The highest BCUT2D eigenvalue weighted by Crippen LogP contribution is 2.25. The number of thiophene rings is 1. The Bertz CT molecular complexity index is 1010. The molecule has 1 aliphatic rings. The summed E-state index contributed by atoms with van der Waals surface area (Å²) >= 11 is 1.60. The van der Waals surface area contributed by atoms with Crippen LogP contribution in [-0.2, 0) is 16.0 Å². The molecule has 3 aromatic rings. The number of nitrogens with zero attached hydrogens (tertiary/aromatic N) is 2. The van der Waals surface area contributed by atoms with Gasteiger partial charge in [-0.25, -0.2) is 0 Å². The summed E-state index contributed by atoms with van der Waals surface area (Å²) in [6.07, 6.45) is 3.50. The van der Waals surface area contributed by atoms with Crippen LogP contribution in [0.5, 0.6) is 5.75 Å². The van der Waals surface area contributed by atoms with Crippen LogP contribution in [0.1, 0.15) is 35.0 Å². The maximum absolute atomic E-state index is 13.1. The minimum absolute atomic E-state index is 0.00169. The van der Waals surface area contributed by atoms with Gasteiger partial charge >= 0.3 is 0 Å².